The Hall–Kier alpha value is -1.65. The van der Waals surface area contributed by atoms with E-state index in [1.165, 1.54) is 6.42 Å². The Morgan fingerprint density at radius 3 is 2.38 bits per heavy atom. The van der Waals surface area contributed by atoms with Gasteiger partial charge in [0.1, 0.15) is 5.41 Å². The number of nitrogens with one attached hydrogen (secondary N) is 2. The fourth-order valence-corrected chi connectivity index (χ4v) is 3.25. The van der Waals surface area contributed by atoms with Crippen molar-refractivity contribution in [2.45, 2.75) is 64.7 Å². The second-order valence-corrected chi connectivity index (χ2v) is 5.93. The van der Waals surface area contributed by atoms with E-state index in [-0.39, 0.29) is 0 Å². The quantitative estimate of drug-likeness (QED) is 0.618. The van der Waals surface area contributed by atoms with Crippen LogP contribution in [0.15, 0.2) is 11.6 Å². The van der Waals surface area contributed by atoms with Crippen LogP contribution >= 0.6 is 0 Å². The van der Waals surface area contributed by atoms with E-state index >= 15 is 0 Å². The molecule has 0 aromatic carbocycles. The van der Waals surface area contributed by atoms with E-state index in [0.717, 1.165) is 50.5 Å². The molecule has 0 atom stereocenters. The molecule has 5 heteroatoms. The van der Waals surface area contributed by atoms with Crippen LogP contribution in [0.5, 0.6) is 0 Å². The van der Waals surface area contributed by atoms with Crippen molar-refractivity contribution < 1.29 is 14.4 Å². The molecule has 1 heterocycles. The Kier molecular flexibility index (Phi) is 5.15. The van der Waals surface area contributed by atoms with Crippen molar-refractivity contribution >= 4 is 17.8 Å². The first-order valence-electron chi connectivity index (χ1n) is 7.97. The van der Waals surface area contributed by atoms with Gasteiger partial charge in [-0.1, -0.05) is 38.7 Å². The number of hydrogen-bond donors (Lipinski definition) is 2. The lowest BCUT2D eigenvalue weighted by Gasteiger charge is -2.36. The van der Waals surface area contributed by atoms with E-state index in [0.29, 0.717) is 6.42 Å². The first-order chi connectivity index (χ1) is 10.1. The number of hydrogen-bond acceptors (Lipinski definition) is 3. The van der Waals surface area contributed by atoms with Gasteiger partial charge in [0.25, 0.3) is 0 Å². The van der Waals surface area contributed by atoms with Gasteiger partial charge in [-0.25, -0.2) is 4.79 Å². The summed E-state index contributed by atoms with van der Waals surface area (Å²) in [6.07, 6.45) is 10.3. The van der Waals surface area contributed by atoms with Crippen LogP contribution in [0.4, 0.5) is 4.79 Å². The van der Waals surface area contributed by atoms with Crippen LogP contribution in [0.3, 0.4) is 0 Å². The molecular weight excluding hydrogens is 268 g/mol. The van der Waals surface area contributed by atoms with Crippen LogP contribution in [0.1, 0.15) is 64.7 Å². The molecule has 1 aliphatic carbocycles. The number of unbranched alkanes of at least 4 members (excludes halogenated alkanes) is 1. The second kappa shape index (κ2) is 6.87. The van der Waals surface area contributed by atoms with E-state index < -0.39 is 23.3 Å². The molecule has 2 aliphatic rings. The zero-order chi connectivity index (χ0) is 15.3. The van der Waals surface area contributed by atoms with Crippen LogP contribution in [-0.2, 0) is 9.59 Å². The molecule has 0 aromatic heterocycles. The highest BCUT2D eigenvalue weighted by atomic mass is 16.2. The van der Waals surface area contributed by atoms with Crippen molar-refractivity contribution in [3.05, 3.63) is 11.6 Å². The molecule has 21 heavy (non-hydrogen) atoms. The molecule has 0 radical (unpaired) electrons. The molecule has 0 spiro atoms. The van der Waals surface area contributed by atoms with Crippen molar-refractivity contribution in [2.75, 3.05) is 0 Å². The van der Waals surface area contributed by atoms with Crippen molar-refractivity contribution in [1.82, 2.24) is 10.6 Å². The van der Waals surface area contributed by atoms with Crippen molar-refractivity contribution in [3.8, 4) is 0 Å². The first kappa shape index (κ1) is 15.7. The maximum atomic E-state index is 12.5. The normalized spacial score (nSPS) is 25.2. The van der Waals surface area contributed by atoms with Crippen LogP contribution in [-0.4, -0.2) is 17.8 Å². The van der Waals surface area contributed by atoms with E-state index in [2.05, 4.69) is 16.7 Å². The van der Waals surface area contributed by atoms with Gasteiger partial charge in [0.05, 0.1) is 0 Å². The molecule has 116 valence electrons. The van der Waals surface area contributed by atoms with Crippen molar-refractivity contribution in [1.29, 1.82) is 0 Å². The van der Waals surface area contributed by atoms with Gasteiger partial charge in [0.2, 0.25) is 11.8 Å². The third-order valence-corrected chi connectivity index (χ3v) is 4.47. The number of rotatable bonds is 4. The summed E-state index contributed by atoms with van der Waals surface area (Å²) in [5, 5.41) is 4.58. The minimum atomic E-state index is -1.18. The highest BCUT2D eigenvalue weighted by Gasteiger charge is 2.51. The predicted molar refractivity (Wildman–Crippen MR) is 79.4 cm³/mol. The number of carbonyl (C=O) groups is 3. The van der Waals surface area contributed by atoms with Crippen LogP contribution in [0, 0.1) is 5.41 Å². The number of urea groups is 1. The minimum Gasteiger partial charge on any atom is -0.277 e. The smallest absolute Gasteiger partial charge is 0.277 e. The predicted octanol–water partition coefficient (Wildman–Crippen LogP) is 2.81. The lowest BCUT2D eigenvalue weighted by molar-refractivity contribution is -0.142. The monoisotopic (exact) mass is 292 g/mol. The Labute approximate surface area is 125 Å². The average Bonchev–Trinajstić information content (AvgIpc) is 2.39. The molecule has 0 aromatic rings. The maximum absolute atomic E-state index is 12.5. The molecule has 4 amide bonds. The molecule has 0 unspecified atom stereocenters. The first-order valence-corrected chi connectivity index (χ1v) is 7.97. The van der Waals surface area contributed by atoms with Crippen LogP contribution < -0.4 is 10.6 Å². The Bertz CT molecular complexity index is 448. The van der Waals surface area contributed by atoms with Gasteiger partial charge in [-0.05, 0) is 37.7 Å². The summed E-state index contributed by atoms with van der Waals surface area (Å²) in [7, 11) is 0. The molecule has 1 saturated heterocycles. The average molecular weight is 292 g/mol. The molecule has 0 saturated carbocycles. The molecule has 1 fully saturated rings. The Morgan fingerprint density at radius 1 is 1.05 bits per heavy atom. The summed E-state index contributed by atoms with van der Waals surface area (Å²) < 4.78 is 0. The molecule has 5 nitrogen and oxygen atoms in total. The number of imide groups is 2. The van der Waals surface area contributed by atoms with Gasteiger partial charge in [-0.15, -0.1) is 0 Å². The van der Waals surface area contributed by atoms with E-state index in [1.54, 1.807) is 0 Å². The molecule has 2 N–H and O–H groups in total. The Morgan fingerprint density at radius 2 is 1.71 bits per heavy atom. The van der Waals surface area contributed by atoms with Crippen LogP contribution in [0.25, 0.3) is 0 Å². The number of amides is 4. The largest absolute Gasteiger partial charge is 0.328 e. The van der Waals surface area contributed by atoms with Crippen LogP contribution in [0.2, 0.25) is 0 Å². The molecule has 2 rings (SSSR count). The number of allylic oxidation sites excluding steroid dienone is 1. The zero-order valence-electron chi connectivity index (χ0n) is 12.7. The lowest BCUT2D eigenvalue weighted by atomic mass is 9.70. The zero-order valence-corrected chi connectivity index (χ0v) is 12.7. The van der Waals surface area contributed by atoms with Crippen molar-refractivity contribution in [2.24, 2.45) is 5.41 Å². The standard InChI is InChI=1S/C16H24N2O3/c1-2-3-11-16(12-9-7-5-4-6-8-10-12)13(19)17-15(21)18-14(16)20/h9H,2-8,10-11H2,1H3,(H2,17,18,19,20,21)/b12-9+. The van der Waals surface area contributed by atoms with Gasteiger partial charge in [-0.3, -0.25) is 20.2 Å². The summed E-state index contributed by atoms with van der Waals surface area (Å²) in [4.78, 5) is 36.4. The summed E-state index contributed by atoms with van der Waals surface area (Å²) in [6.45, 7) is 2.03. The highest BCUT2D eigenvalue weighted by molar-refractivity contribution is 6.21. The summed E-state index contributed by atoms with van der Waals surface area (Å²) >= 11 is 0. The van der Waals surface area contributed by atoms with E-state index in [1.807, 2.05) is 6.92 Å². The topological polar surface area (TPSA) is 75.3 Å². The number of carbonyl (C=O) groups excluding carboxylic acids is 3. The maximum Gasteiger partial charge on any atom is 0.328 e. The number of barbiturate groups is 1. The van der Waals surface area contributed by atoms with Gasteiger partial charge in [-0.2, -0.15) is 0 Å². The third-order valence-electron chi connectivity index (χ3n) is 4.47. The van der Waals surface area contributed by atoms with E-state index in [9.17, 15) is 14.4 Å². The summed E-state index contributed by atoms with van der Waals surface area (Å²) in [5.41, 5.74) is -0.278. The van der Waals surface area contributed by atoms with Gasteiger partial charge in [0, 0.05) is 0 Å². The second-order valence-electron chi connectivity index (χ2n) is 5.93. The van der Waals surface area contributed by atoms with Gasteiger partial charge in [0.15, 0.2) is 0 Å². The van der Waals surface area contributed by atoms with Gasteiger partial charge >= 0.3 is 6.03 Å². The van der Waals surface area contributed by atoms with Crippen molar-refractivity contribution in [3.63, 3.8) is 0 Å². The fraction of sp³-hybridized carbons (Fsp3) is 0.688. The third kappa shape index (κ3) is 3.17. The summed E-state index contributed by atoms with van der Waals surface area (Å²) in [5.74, 6) is -0.895. The minimum absolute atomic E-state index is 0.448. The van der Waals surface area contributed by atoms with Gasteiger partial charge < -0.3 is 0 Å². The summed E-state index contributed by atoms with van der Waals surface area (Å²) in [6, 6.07) is -0.705. The highest BCUT2D eigenvalue weighted by Crippen LogP contribution is 2.39. The van der Waals surface area contributed by atoms with E-state index in [4.69, 9.17) is 0 Å². The molecular formula is C16H24N2O3. The Balaban J connectivity index is 2.37. The molecule has 1 aliphatic heterocycles. The SMILES string of the molecule is CCCCC1(/C2=C/CCCCCC2)C(=O)NC(=O)NC1=O. The fourth-order valence-electron chi connectivity index (χ4n) is 3.25. The molecule has 0 bridgehead atoms. The lowest BCUT2D eigenvalue weighted by Crippen LogP contribution is -2.63.